The number of H-pyrrole nitrogens is 1. The van der Waals surface area contributed by atoms with Gasteiger partial charge in [0.2, 0.25) is 0 Å². The Hall–Kier alpha value is -3.19. The number of β-amino-alcohol motifs (C(OH)–C–C–N with tert-alkyl or cyclic N) is 1. The maximum Gasteiger partial charge on any atom is 0.150 e. The van der Waals surface area contributed by atoms with Gasteiger partial charge in [-0.15, -0.1) is 0 Å². The second-order valence-electron chi connectivity index (χ2n) is 7.49. The summed E-state index contributed by atoms with van der Waals surface area (Å²) in [5, 5.41) is 16.6. The molecule has 0 aliphatic carbocycles. The van der Waals surface area contributed by atoms with Crippen LogP contribution in [-0.2, 0) is 6.42 Å². The standard InChI is InChI=1S/C23H22F3N3O/c1-12(28-21-13(2)27-11-20(21)30)3-8-17-18-9-16(25)10-19(26)23(18)29-22(17)14-4-6-15(24)7-5-14/h4-7,9-10,20-21,27-30H,1-3,8,11H2. The number of benzene rings is 2. The number of aliphatic hydroxyl groups is 1. The van der Waals surface area contributed by atoms with Crippen molar-refractivity contribution in [3.63, 3.8) is 0 Å². The lowest BCUT2D eigenvalue weighted by atomic mass is 10.00. The van der Waals surface area contributed by atoms with Gasteiger partial charge >= 0.3 is 0 Å². The minimum atomic E-state index is -0.687. The summed E-state index contributed by atoms with van der Waals surface area (Å²) in [4.78, 5) is 3.03. The summed E-state index contributed by atoms with van der Waals surface area (Å²) in [6.45, 7) is 8.31. The van der Waals surface area contributed by atoms with Gasteiger partial charge in [0.15, 0.2) is 0 Å². The molecular formula is C23H22F3N3O. The highest BCUT2D eigenvalue weighted by Gasteiger charge is 2.28. The Morgan fingerprint density at radius 1 is 1.13 bits per heavy atom. The van der Waals surface area contributed by atoms with Crippen molar-refractivity contribution in [3.05, 3.63) is 84.0 Å². The molecule has 0 saturated carbocycles. The lowest BCUT2D eigenvalue weighted by Crippen LogP contribution is -2.37. The van der Waals surface area contributed by atoms with E-state index in [0.717, 1.165) is 6.07 Å². The summed E-state index contributed by atoms with van der Waals surface area (Å²) in [6.07, 6.45) is 0.292. The molecule has 2 heterocycles. The van der Waals surface area contributed by atoms with Crippen molar-refractivity contribution in [2.75, 3.05) is 6.54 Å². The summed E-state index contributed by atoms with van der Waals surface area (Å²) in [5.74, 6) is -1.73. The quantitative estimate of drug-likeness (QED) is 0.491. The van der Waals surface area contributed by atoms with Crippen LogP contribution in [0.1, 0.15) is 12.0 Å². The number of aryl methyl sites for hydroxylation is 1. The first-order valence-corrected chi connectivity index (χ1v) is 9.64. The van der Waals surface area contributed by atoms with E-state index < -0.39 is 17.7 Å². The molecule has 3 aromatic rings. The van der Waals surface area contributed by atoms with Crippen LogP contribution >= 0.6 is 0 Å². The van der Waals surface area contributed by atoms with Gasteiger partial charge in [-0.3, -0.25) is 0 Å². The third kappa shape index (κ3) is 3.80. The van der Waals surface area contributed by atoms with E-state index in [1.54, 1.807) is 12.1 Å². The number of halogens is 3. The number of nitrogens with one attached hydrogen (secondary N) is 3. The zero-order valence-corrected chi connectivity index (χ0v) is 16.2. The average molecular weight is 413 g/mol. The molecule has 2 unspecified atom stereocenters. The number of aromatic nitrogens is 1. The second kappa shape index (κ2) is 7.91. The van der Waals surface area contributed by atoms with Crippen LogP contribution in [0.4, 0.5) is 13.2 Å². The third-order valence-electron chi connectivity index (χ3n) is 5.40. The van der Waals surface area contributed by atoms with E-state index in [4.69, 9.17) is 0 Å². The molecule has 1 aromatic heterocycles. The molecule has 1 aliphatic rings. The number of hydrogen-bond donors (Lipinski definition) is 4. The van der Waals surface area contributed by atoms with Crippen molar-refractivity contribution < 1.29 is 18.3 Å². The van der Waals surface area contributed by atoms with Crippen LogP contribution in [0.2, 0.25) is 0 Å². The molecule has 7 heteroatoms. The van der Waals surface area contributed by atoms with Crippen LogP contribution in [0.15, 0.2) is 61.0 Å². The van der Waals surface area contributed by atoms with Crippen LogP contribution in [0, 0.1) is 17.5 Å². The normalized spacial score (nSPS) is 18.6. The summed E-state index contributed by atoms with van der Waals surface area (Å²) in [6, 6.07) is 7.61. The third-order valence-corrected chi connectivity index (χ3v) is 5.40. The van der Waals surface area contributed by atoms with Gasteiger partial charge in [-0.05, 0) is 54.3 Å². The van der Waals surface area contributed by atoms with Crippen molar-refractivity contribution in [3.8, 4) is 11.3 Å². The number of allylic oxidation sites excluding steroid dienone is 1. The second-order valence-corrected chi connectivity index (χ2v) is 7.49. The Labute approximate surface area is 172 Å². The molecule has 0 spiro atoms. The van der Waals surface area contributed by atoms with Crippen molar-refractivity contribution in [1.29, 1.82) is 0 Å². The van der Waals surface area contributed by atoms with Gasteiger partial charge in [-0.1, -0.05) is 13.2 Å². The highest BCUT2D eigenvalue weighted by molar-refractivity contribution is 5.91. The van der Waals surface area contributed by atoms with E-state index in [1.807, 2.05) is 0 Å². The van der Waals surface area contributed by atoms with Crippen LogP contribution in [-0.4, -0.2) is 28.8 Å². The molecule has 2 atom stereocenters. The first-order chi connectivity index (χ1) is 14.3. The fraction of sp³-hybridized carbons (Fsp3) is 0.217. The highest BCUT2D eigenvalue weighted by atomic mass is 19.1. The number of rotatable bonds is 6. The van der Waals surface area contributed by atoms with Gasteiger partial charge < -0.3 is 20.7 Å². The lowest BCUT2D eigenvalue weighted by Gasteiger charge is -2.19. The molecule has 1 saturated heterocycles. The zero-order valence-electron chi connectivity index (χ0n) is 16.2. The molecule has 4 nitrogen and oxygen atoms in total. The summed E-state index contributed by atoms with van der Waals surface area (Å²) >= 11 is 0. The van der Waals surface area contributed by atoms with Gasteiger partial charge in [0.05, 0.1) is 17.7 Å². The van der Waals surface area contributed by atoms with E-state index >= 15 is 0 Å². The number of fused-ring (bicyclic) bond motifs is 1. The first-order valence-electron chi connectivity index (χ1n) is 9.64. The summed E-state index contributed by atoms with van der Waals surface area (Å²) in [5.41, 5.74) is 3.54. The molecule has 1 fully saturated rings. The van der Waals surface area contributed by atoms with E-state index in [0.29, 0.717) is 53.0 Å². The smallest absolute Gasteiger partial charge is 0.150 e. The van der Waals surface area contributed by atoms with E-state index in [-0.39, 0.29) is 17.4 Å². The minimum Gasteiger partial charge on any atom is -0.389 e. The molecule has 0 radical (unpaired) electrons. The largest absolute Gasteiger partial charge is 0.389 e. The summed E-state index contributed by atoms with van der Waals surface area (Å²) in [7, 11) is 0. The number of hydrogen-bond acceptors (Lipinski definition) is 3. The van der Waals surface area contributed by atoms with Crippen molar-refractivity contribution in [2.45, 2.75) is 25.0 Å². The predicted molar refractivity (Wildman–Crippen MR) is 111 cm³/mol. The van der Waals surface area contributed by atoms with E-state index in [2.05, 4.69) is 28.8 Å². The van der Waals surface area contributed by atoms with Crippen LogP contribution in [0.25, 0.3) is 22.2 Å². The van der Waals surface area contributed by atoms with Gasteiger partial charge in [0, 0.05) is 35.1 Å². The van der Waals surface area contributed by atoms with Gasteiger partial charge in [0.25, 0.3) is 0 Å². The topological polar surface area (TPSA) is 60.1 Å². The Kier molecular flexibility index (Phi) is 5.30. The molecular weight excluding hydrogens is 391 g/mol. The van der Waals surface area contributed by atoms with Crippen LogP contribution in [0.3, 0.4) is 0 Å². The molecule has 30 heavy (non-hydrogen) atoms. The van der Waals surface area contributed by atoms with Crippen molar-refractivity contribution in [2.24, 2.45) is 0 Å². The zero-order chi connectivity index (χ0) is 21.4. The van der Waals surface area contributed by atoms with E-state index in [1.165, 1.54) is 18.2 Å². The molecule has 0 amide bonds. The predicted octanol–water partition coefficient (Wildman–Crippen LogP) is 4.13. The molecule has 1 aliphatic heterocycles. The molecule has 2 aromatic carbocycles. The molecule has 4 N–H and O–H groups in total. The Morgan fingerprint density at radius 2 is 1.87 bits per heavy atom. The Morgan fingerprint density at radius 3 is 2.53 bits per heavy atom. The van der Waals surface area contributed by atoms with Crippen molar-refractivity contribution in [1.82, 2.24) is 15.6 Å². The van der Waals surface area contributed by atoms with Crippen LogP contribution in [0.5, 0.6) is 0 Å². The maximum absolute atomic E-state index is 14.4. The molecule has 4 rings (SSSR count). The molecule has 0 bridgehead atoms. The average Bonchev–Trinajstić information content (AvgIpc) is 3.22. The van der Waals surface area contributed by atoms with Gasteiger partial charge in [-0.2, -0.15) is 0 Å². The molecule has 156 valence electrons. The SMILES string of the molecule is C=C(CCc1c(-c2ccc(F)cc2)[nH]c2c(F)cc(F)cc12)NC1C(=C)NCC1O. The van der Waals surface area contributed by atoms with E-state index in [9.17, 15) is 18.3 Å². The highest BCUT2D eigenvalue weighted by Crippen LogP contribution is 2.33. The Balaban J connectivity index is 1.64. The Bertz CT molecular complexity index is 1120. The summed E-state index contributed by atoms with van der Waals surface area (Å²) < 4.78 is 41.7. The first kappa shape index (κ1) is 20.1. The van der Waals surface area contributed by atoms with Gasteiger partial charge in [-0.25, -0.2) is 13.2 Å². The monoisotopic (exact) mass is 413 g/mol. The van der Waals surface area contributed by atoms with Crippen LogP contribution < -0.4 is 10.6 Å². The van der Waals surface area contributed by atoms with Gasteiger partial charge in [0.1, 0.15) is 17.5 Å². The van der Waals surface area contributed by atoms with Crippen molar-refractivity contribution >= 4 is 10.9 Å². The fourth-order valence-electron chi connectivity index (χ4n) is 3.84. The number of aromatic amines is 1. The lowest BCUT2D eigenvalue weighted by molar-refractivity contribution is 0.171. The minimum absolute atomic E-state index is 0.202. The fourth-order valence-corrected chi connectivity index (χ4v) is 3.84. The maximum atomic E-state index is 14.4. The number of aliphatic hydroxyl groups excluding tert-OH is 1.